The zero-order valence-electron chi connectivity index (χ0n) is 11.3. The smallest absolute Gasteiger partial charge is 0.118 e. The minimum absolute atomic E-state index is 0.173. The molecule has 2 rings (SSSR count). The fourth-order valence-electron chi connectivity index (χ4n) is 2.07. The van der Waals surface area contributed by atoms with Crippen LogP contribution in [0.4, 0.5) is 0 Å². The number of hydrogen-bond donors (Lipinski definition) is 1. The summed E-state index contributed by atoms with van der Waals surface area (Å²) in [5.41, 5.74) is 8.65. The predicted octanol–water partition coefficient (Wildman–Crippen LogP) is 2.59. The molecule has 0 saturated carbocycles. The number of rotatable bonds is 6. The van der Waals surface area contributed by atoms with Gasteiger partial charge in [0, 0.05) is 18.4 Å². The number of hydrogen-bond acceptors (Lipinski definition) is 3. The Balaban J connectivity index is 1.81. The van der Waals surface area contributed by atoms with Crippen molar-refractivity contribution in [2.45, 2.75) is 25.3 Å². The first kappa shape index (κ1) is 13.6. The van der Waals surface area contributed by atoms with Gasteiger partial charge in [-0.05, 0) is 48.6 Å². The first-order valence-corrected chi connectivity index (χ1v) is 6.55. The normalized spacial score (nSPS) is 12.1. The van der Waals surface area contributed by atoms with Crippen LogP contribution in [0.1, 0.15) is 17.5 Å². The van der Waals surface area contributed by atoms with Crippen molar-refractivity contribution in [2.24, 2.45) is 5.73 Å². The third-order valence-electron chi connectivity index (χ3n) is 3.18. The van der Waals surface area contributed by atoms with Crippen molar-refractivity contribution >= 4 is 0 Å². The van der Waals surface area contributed by atoms with E-state index in [0.717, 1.165) is 25.0 Å². The molecule has 2 aromatic rings. The highest BCUT2D eigenvalue weighted by Crippen LogP contribution is 2.13. The van der Waals surface area contributed by atoms with E-state index in [1.807, 2.05) is 24.4 Å². The van der Waals surface area contributed by atoms with Crippen LogP contribution in [-0.2, 0) is 12.8 Å². The highest BCUT2D eigenvalue weighted by Gasteiger charge is 2.05. The second kappa shape index (κ2) is 6.90. The number of ether oxygens (including phenoxy) is 1. The summed E-state index contributed by atoms with van der Waals surface area (Å²) in [6.07, 6.45) is 6.51. The van der Waals surface area contributed by atoms with E-state index in [0.29, 0.717) is 0 Å². The standard InChI is InChI=1S/C16H20N2O/c1-19-16-8-5-13(6-9-16)4-7-15(17)11-14-3-2-10-18-12-14/h2-3,5-6,8-10,12,15H,4,7,11,17H2,1H3. The molecule has 19 heavy (non-hydrogen) atoms. The molecule has 1 unspecified atom stereocenters. The van der Waals surface area contributed by atoms with Gasteiger partial charge in [0.2, 0.25) is 0 Å². The first-order chi connectivity index (χ1) is 9.28. The molecule has 1 atom stereocenters. The van der Waals surface area contributed by atoms with Crippen LogP contribution in [0, 0.1) is 0 Å². The lowest BCUT2D eigenvalue weighted by Crippen LogP contribution is -2.23. The molecule has 0 saturated heterocycles. The van der Waals surface area contributed by atoms with Gasteiger partial charge in [0.15, 0.2) is 0 Å². The molecular weight excluding hydrogens is 236 g/mol. The van der Waals surface area contributed by atoms with Crippen LogP contribution in [0.3, 0.4) is 0 Å². The molecule has 0 aliphatic heterocycles. The van der Waals surface area contributed by atoms with Crippen molar-refractivity contribution in [1.29, 1.82) is 0 Å². The lowest BCUT2D eigenvalue weighted by molar-refractivity contribution is 0.414. The number of benzene rings is 1. The van der Waals surface area contributed by atoms with Crippen LogP contribution >= 0.6 is 0 Å². The lowest BCUT2D eigenvalue weighted by Gasteiger charge is -2.11. The molecule has 0 aliphatic carbocycles. The minimum atomic E-state index is 0.173. The van der Waals surface area contributed by atoms with E-state index in [2.05, 4.69) is 23.2 Å². The van der Waals surface area contributed by atoms with Crippen molar-refractivity contribution in [3.63, 3.8) is 0 Å². The summed E-state index contributed by atoms with van der Waals surface area (Å²) >= 11 is 0. The molecule has 0 aliphatic rings. The van der Waals surface area contributed by atoms with Crippen LogP contribution in [0.5, 0.6) is 5.75 Å². The highest BCUT2D eigenvalue weighted by atomic mass is 16.5. The quantitative estimate of drug-likeness (QED) is 0.864. The largest absolute Gasteiger partial charge is 0.497 e. The van der Waals surface area contributed by atoms with Crippen LogP contribution in [0.25, 0.3) is 0 Å². The average molecular weight is 256 g/mol. The Morgan fingerprint density at radius 1 is 1.16 bits per heavy atom. The van der Waals surface area contributed by atoms with Crippen molar-refractivity contribution in [1.82, 2.24) is 4.98 Å². The molecule has 1 heterocycles. The average Bonchev–Trinajstić information content (AvgIpc) is 2.47. The van der Waals surface area contributed by atoms with Crippen molar-refractivity contribution in [2.75, 3.05) is 7.11 Å². The maximum atomic E-state index is 6.16. The molecule has 1 aromatic heterocycles. The van der Waals surface area contributed by atoms with Gasteiger partial charge >= 0.3 is 0 Å². The lowest BCUT2D eigenvalue weighted by atomic mass is 10.0. The molecule has 0 spiro atoms. The Bertz CT molecular complexity index is 482. The molecular formula is C16H20N2O. The van der Waals surface area contributed by atoms with E-state index in [1.165, 1.54) is 11.1 Å². The van der Waals surface area contributed by atoms with Crippen LogP contribution < -0.4 is 10.5 Å². The van der Waals surface area contributed by atoms with Gasteiger partial charge in [0.25, 0.3) is 0 Å². The molecule has 0 bridgehead atoms. The van der Waals surface area contributed by atoms with Crippen LogP contribution in [0.15, 0.2) is 48.8 Å². The highest BCUT2D eigenvalue weighted by molar-refractivity contribution is 5.27. The van der Waals surface area contributed by atoms with Crippen LogP contribution in [-0.4, -0.2) is 18.1 Å². The second-order valence-electron chi connectivity index (χ2n) is 4.71. The Kier molecular flexibility index (Phi) is 4.93. The molecule has 3 nitrogen and oxygen atoms in total. The zero-order chi connectivity index (χ0) is 13.5. The summed E-state index contributed by atoms with van der Waals surface area (Å²) < 4.78 is 5.14. The third-order valence-corrected chi connectivity index (χ3v) is 3.18. The SMILES string of the molecule is COc1ccc(CCC(N)Cc2cccnc2)cc1. The van der Waals surface area contributed by atoms with E-state index < -0.39 is 0 Å². The Morgan fingerprint density at radius 2 is 1.95 bits per heavy atom. The Morgan fingerprint density at radius 3 is 2.58 bits per heavy atom. The van der Waals surface area contributed by atoms with E-state index >= 15 is 0 Å². The van der Waals surface area contributed by atoms with Crippen molar-refractivity contribution in [3.05, 3.63) is 59.9 Å². The zero-order valence-corrected chi connectivity index (χ0v) is 11.3. The van der Waals surface area contributed by atoms with Gasteiger partial charge in [0.05, 0.1) is 7.11 Å². The van der Waals surface area contributed by atoms with E-state index in [1.54, 1.807) is 13.3 Å². The van der Waals surface area contributed by atoms with E-state index in [9.17, 15) is 0 Å². The molecule has 0 fully saturated rings. The van der Waals surface area contributed by atoms with Gasteiger partial charge in [-0.3, -0.25) is 4.98 Å². The maximum Gasteiger partial charge on any atom is 0.118 e. The summed E-state index contributed by atoms with van der Waals surface area (Å²) in [6, 6.07) is 12.4. The van der Waals surface area contributed by atoms with Crippen LogP contribution in [0.2, 0.25) is 0 Å². The van der Waals surface area contributed by atoms with Crippen molar-refractivity contribution in [3.8, 4) is 5.75 Å². The summed E-state index contributed by atoms with van der Waals surface area (Å²) in [5, 5.41) is 0. The van der Waals surface area contributed by atoms with Gasteiger partial charge in [-0.1, -0.05) is 18.2 Å². The van der Waals surface area contributed by atoms with Gasteiger partial charge in [-0.15, -0.1) is 0 Å². The fourth-order valence-corrected chi connectivity index (χ4v) is 2.07. The Labute approximate surface area is 114 Å². The fraction of sp³-hybridized carbons (Fsp3) is 0.312. The number of methoxy groups -OCH3 is 1. The number of nitrogens with zero attached hydrogens (tertiary/aromatic N) is 1. The minimum Gasteiger partial charge on any atom is -0.497 e. The summed E-state index contributed by atoms with van der Waals surface area (Å²) in [6.45, 7) is 0. The molecule has 1 aromatic carbocycles. The number of nitrogens with two attached hydrogens (primary N) is 1. The first-order valence-electron chi connectivity index (χ1n) is 6.55. The number of aryl methyl sites for hydroxylation is 1. The number of pyridine rings is 1. The summed E-state index contributed by atoms with van der Waals surface area (Å²) in [5.74, 6) is 0.892. The molecule has 0 radical (unpaired) electrons. The maximum absolute atomic E-state index is 6.16. The van der Waals surface area contributed by atoms with Crippen molar-refractivity contribution < 1.29 is 4.74 Å². The van der Waals surface area contributed by atoms with E-state index in [-0.39, 0.29) is 6.04 Å². The van der Waals surface area contributed by atoms with E-state index in [4.69, 9.17) is 10.5 Å². The predicted molar refractivity (Wildman–Crippen MR) is 77.2 cm³/mol. The van der Waals surface area contributed by atoms with Gasteiger partial charge in [0.1, 0.15) is 5.75 Å². The van der Waals surface area contributed by atoms with Gasteiger partial charge in [-0.2, -0.15) is 0 Å². The monoisotopic (exact) mass is 256 g/mol. The number of aromatic nitrogens is 1. The summed E-state index contributed by atoms with van der Waals surface area (Å²) in [7, 11) is 1.68. The van der Waals surface area contributed by atoms with Gasteiger partial charge in [-0.25, -0.2) is 0 Å². The third kappa shape index (κ3) is 4.38. The molecule has 2 N–H and O–H groups in total. The Hall–Kier alpha value is -1.87. The topological polar surface area (TPSA) is 48.1 Å². The van der Waals surface area contributed by atoms with Gasteiger partial charge < -0.3 is 10.5 Å². The molecule has 100 valence electrons. The molecule has 0 amide bonds. The summed E-state index contributed by atoms with van der Waals surface area (Å²) in [4.78, 5) is 4.11. The molecule has 3 heteroatoms. The second-order valence-corrected chi connectivity index (χ2v) is 4.71.